The van der Waals surface area contributed by atoms with Gasteiger partial charge in [-0.1, -0.05) is 30.3 Å². The monoisotopic (exact) mass is 371 g/mol. The first-order valence-corrected chi connectivity index (χ1v) is 7.78. The highest BCUT2D eigenvalue weighted by molar-refractivity contribution is 9.10. The van der Waals surface area contributed by atoms with Crippen molar-refractivity contribution < 1.29 is 9.53 Å². The summed E-state index contributed by atoms with van der Waals surface area (Å²) in [6, 6.07) is 15.4. The summed E-state index contributed by atoms with van der Waals surface area (Å²) in [6.45, 7) is -0.112. The van der Waals surface area contributed by atoms with Gasteiger partial charge in [0.25, 0.3) is 5.91 Å². The predicted octanol–water partition coefficient (Wildman–Crippen LogP) is 3.46. The number of hydrazone groups is 1. The van der Waals surface area contributed by atoms with E-state index in [-0.39, 0.29) is 12.5 Å². The lowest BCUT2D eigenvalue weighted by atomic mass is 10.1. The van der Waals surface area contributed by atoms with Crippen molar-refractivity contribution in [2.75, 3.05) is 6.61 Å². The normalized spacial score (nSPS) is 11.0. The molecule has 0 aliphatic heterocycles. The van der Waals surface area contributed by atoms with Crippen molar-refractivity contribution in [2.24, 2.45) is 5.10 Å². The van der Waals surface area contributed by atoms with Crippen LogP contribution in [0.5, 0.6) is 5.75 Å². The highest BCUT2D eigenvalue weighted by Crippen LogP contribution is 2.32. The molecule has 116 valence electrons. The van der Waals surface area contributed by atoms with Crippen LogP contribution in [0.1, 0.15) is 5.69 Å². The molecule has 2 aromatic carbocycles. The molecule has 1 aromatic heterocycles. The van der Waals surface area contributed by atoms with E-state index in [1.54, 1.807) is 6.20 Å². The third kappa shape index (κ3) is 3.78. The van der Waals surface area contributed by atoms with Gasteiger partial charge in [-0.3, -0.25) is 4.79 Å². The molecule has 0 spiro atoms. The molecule has 0 bridgehead atoms. The van der Waals surface area contributed by atoms with E-state index in [9.17, 15) is 4.79 Å². The fraction of sp³-hybridized carbons (Fsp3) is 0.0588. The zero-order chi connectivity index (χ0) is 16.1. The Morgan fingerprint density at radius 3 is 2.91 bits per heavy atom. The maximum Gasteiger partial charge on any atom is 0.277 e. The van der Waals surface area contributed by atoms with Crippen molar-refractivity contribution in [3.8, 4) is 5.75 Å². The van der Waals surface area contributed by atoms with Crippen molar-refractivity contribution in [1.29, 1.82) is 0 Å². The molecule has 0 atom stereocenters. The molecular formula is C17H14BrN3O2. The van der Waals surface area contributed by atoms with Gasteiger partial charge in [0.2, 0.25) is 0 Å². The largest absolute Gasteiger partial charge is 0.483 e. The van der Waals surface area contributed by atoms with Crippen LogP contribution in [0.3, 0.4) is 0 Å². The van der Waals surface area contributed by atoms with Crippen molar-refractivity contribution in [2.45, 2.75) is 0 Å². The maximum atomic E-state index is 11.7. The highest BCUT2D eigenvalue weighted by atomic mass is 79.9. The van der Waals surface area contributed by atoms with Gasteiger partial charge in [-0.2, -0.15) is 5.10 Å². The van der Waals surface area contributed by atoms with E-state index in [2.05, 4.69) is 31.4 Å². The molecule has 2 N–H and O–H groups in total. The van der Waals surface area contributed by atoms with E-state index in [4.69, 9.17) is 4.74 Å². The van der Waals surface area contributed by atoms with Crippen LogP contribution in [0.4, 0.5) is 0 Å². The Morgan fingerprint density at radius 1 is 1.22 bits per heavy atom. The second-order valence-electron chi connectivity index (χ2n) is 4.81. The number of aromatic nitrogens is 1. The molecule has 0 aliphatic carbocycles. The summed E-state index contributed by atoms with van der Waals surface area (Å²) in [5, 5.41) is 5.99. The number of carbonyl (C=O) groups excluding carboxylic acids is 1. The first-order valence-electron chi connectivity index (χ1n) is 6.99. The number of ether oxygens (including phenoxy) is 1. The number of nitrogens with one attached hydrogen (secondary N) is 2. The Bertz CT molecular complexity index is 844. The molecule has 0 saturated carbocycles. The molecule has 0 unspecified atom stereocenters. The molecule has 3 rings (SSSR count). The van der Waals surface area contributed by atoms with E-state index < -0.39 is 0 Å². The predicted molar refractivity (Wildman–Crippen MR) is 93.7 cm³/mol. The number of carbonyl (C=O) groups is 1. The smallest absolute Gasteiger partial charge is 0.277 e. The van der Waals surface area contributed by atoms with Gasteiger partial charge >= 0.3 is 0 Å². The van der Waals surface area contributed by atoms with E-state index in [1.807, 2.05) is 48.5 Å². The molecule has 23 heavy (non-hydrogen) atoms. The van der Waals surface area contributed by atoms with Gasteiger partial charge in [-0.05, 0) is 44.9 Å². The van der Waals surface area contributed by atoms with Crippen molar-refractivity contribution in [3.05, 3.63) is 64.9 Å². The first-order chi connectivity index (χ1) is 11.2. The minimum atomic E-state index is -0.326. The van der Waals surface area contributed by atoms with E-state index in [0.29, 0.717) is 5.75 Å². The number of fused-ring (bicyclic) bond motifs is 1. The van der Waals surface area contributed by atoms with E-state index >= 15 is 0 Å². The van der Waals surface area contributed by atoms with Crippen LogP contribution < -0.4 is 10.2 Å². The summed E-state index contributed by atoms with van der Waals surface area (Å²) in [5.41, 5.74) is 3.23. The average molecular weight is 372 g/mol. The van der Waals surface area contributed by atoms with Gasteiger partial charge < -0.3 is 9.72 Å². The maximum absolute atomic E-state index is 11.7. The summed E-state index contributed by atoms with van der Waals surface area (Å²) in [6.07, 6.45) is 3.31. The fourth-order valence-electron chi connectivity index (χ4n) is 2.10. The van der Waals surface area contributed by atoms with Gasteiger partial charge in [-0.25, -0.2) is 5.43 Å². The number of aromatic amines is 1. The van der Waals surface area contributed by atoms with Gasteiger partial charge in [-0.15, -0.1) is 0 Å². The van der Waals surface area contributed by atoms with Gasteiger partial charge in [0.1, 0.15) is 5.75 Å². The van der Waals surface area contributed by atoms with Crippen LogP contribution in [0.15, 0.2) is 64.3 Å². The van der Waals surface area contributed by atoms with Crippen LogP contribution >= 0.6 is 15.9 Å². The molecule has 1 amide bonds. The highest BCUT2D eigenvalue weighted by Gasteiger charge is 2.08. The number of hydrogen-bond donors (Lipinski definition) is 2. The van der Waals surface area contributed by atoms with Crippen LogP contribution in [0, 0.1) is 0 Å². The molecule has 0 saturated heterocycles. The summed E-state index contributed by atoms with van der Waals surface area (Å²) in [5.74, 6) is 0.292. The first kappa shape index (κ1) is 15.3. The Hall–Kier alpha value is -2.60. The van der Waals surface area contributed by atoms with E-state index in [1.165, 1.54) is 6.21 Å². The SMILES string of the molecule is O=C(COc1ccc2ccccc2c1Br)N/N=C\c1ccc[nH]1. The Balaban J connectivity index is 1.59. The molecule has 3 aromatic rings. The van der Waals surface area contributed by atoms with Gasteiger partial charge in [0.15, 0.2) is 6.61 Å². The second kappa shape index (κ2) is 7.11. The molecule has 6 heteroatoms. The molecule has 0 radical (unpaired) electrons. The quantitative estimate of drug-likeness (QED) is 0.532. The van der Waals surface area contributed by atoms with Gasteiger partial charge in [0.05, 0.1) is 16.4 Å². The number of rotatable bonds is 5. The lowest BCUT2D eigenvalue weighted by Crippen LogP contribution is -2.24. The Kier molecular flexibility index (Phi) is 4.73. The van der Waals surface area contributed by atoms with E-state index in [0.717, 1.165) is 20.9 Å². The molecule has 5 nitrogen and oxygen atoms in total. The van der Waals surface area contributed by atoms with Crippen LogP contribution in [0.2, 0.25) is 0 Å². The summed E-state index contributed by atoms with van der Waals surface area (Å²) in [4.78, 5) is 14.7. The minimum absolute atomic E-state index is 0.112. The zero-order valence-electron chi connectivity index (χ0n) is 12.1. The zero-order valence-corrected chi connectivity index (χ0v) is 13.7. The fourth-order valence-corrected chi connectivity index (χ4v) is 2.71. The second-order valence-corrected chi connectivity index (χ2v) is 5.60. The molecular weight excluding hydrogens is 358 g/mol. The topological polar surface area (TPSA) is 66.5 Å². The number of hydrogen-bond acceptors (Lipinski definition) is 3. The Labute approximate surface area is 141 Å². The number of H-pyrrole nitrogens is 1. The number of amides is 1. The molecule has 1 heterocycles. The standard InChI is InChI=1S/C17H14BrN3O2/c18-17-14-6-2-1-4-12(14)7-8-15(17)23-11-16(22)21-20-10-13-5-3-9-19-13/h1-10,19H,11H2,(H,21,22)/b20-10-. The number of benzene rings is 2. The van der Waals surface area contributed by atoms with Crippen molar-refractivity contribution in [1.82, 2.24) is 10.4 Å². The van der Waals surface area contributed by atoms with Crippen molar-refractivity contribution >= 4 is 38.8 Å². The lowest BCUT2D eigenvalue weighted by Gasteiger charge is -2.09. The minimum Gasteiger partial charge on any atom is -0.483 e. The third-order valence-corrected chi connectivity index (χ3v) is 4.02. The number of nitrogens with zero attached hydrogens (tertiary/aromatic N) is 1. The molecule has 0 aliphatic rings. The van der Waals surface area contributed by atoms with Gasteiger partial charge in [0, 0.05) is 6.20 Å². The van der Waals surface area contributed by atoms with Crippen LogP contribution in [-0.2, 0) is 4.79 Å². The average Bonchev–Trinajstić information content (AvgIpc) is 3.08. The summed E-state index contributed by atoms with van der Waals surface area (Å²) in [7, 11) is 0. The lowest BCUT2D eigenvalue weighted by molar-refractivity contribution is -0.123. The number of halogens is 1. The molecule has 0 fully saturated rings. The third-order valence-electron chi connectivity index (χ3n) is 3.20. The van der Waals surface area contributed by atoms with Crippen LogP contribution in [0.25, 0.3) is 10.8 Å². The van der Waals surface area contributed by atoms with Crippen LogP contribution in [-0.4, -0.2) is 23.7 Å². The summed E-state index contributed by atoms with van der Waals surface area (Å²) >= 11 is 3.52. The Morgan fingerprint density at radius 2 is 2.09 bits per heavy atom. The van der Waals surface area contributed by atoms with Crippen molar-refractivity contribution in [3.63, 3.8) is 0 Å². The summed E-state index contributed by atoms with van der Waals surface area (Å²) < 4.78 is 6.39.